The topological polar surface area (TPSA) is 35.5 Å². The van der Waals surface area contributed by atoms with E-state index in [9.17, 15) is 4.79 Å². The van der Waals surface area contributed by atoms with Gasteiger partial charge >= 0.3 is 5.97 Å². The Morgan fingerprint density at radius 1 is 1.14 bits per heavy atom. The molecule has 0 saturated carbocycles. The molecule has 3 rings (SSSR count). The largest absolute Gasteiger partial charge is 0.489 e. The Bertz CT molecular complexity index is 645. The van der Waals surface area contributed by atoms with E-state index in [-0.39, 0.29) is 12.1 Å². The monoisotopic (exact) mass is 280 g/mol. The minimum absolute atomic E-state index is 0.245. The van der Waals surface area contributed by atoms with E-state index in [0.717, 1.165) is 16.9 Å². The highest BCUT2D eigenvalue weighted by Crippen LogP contribution is 2.33. The molecule has 0 aliphatic carbocycles. The van der Waals surface area contributed by atoms with Gasteiger partial charge in [0.15, 0.2) is 0 Å². The molecule has 0 bridgehead atoms. The second kappa shape index (κ2) is 5.83. The van der Waals surface area contributed by atoms with Gasteiger partial charge in [-0.05, 0) is 23.3 Å². The van der Waals surface area contributed by atoms with Crippen molar-refractivity contribution in [2.45, 2.75) is 19.1 Å². The van der Waals surface area contributed by atoms with Gasteiger partial charge in [-0.3, -0.25) is 0 Å². The molecule has 0 amide bonds. The molecule has 1 fully saturated rings. The molecule has 1 saturated heterocycles. The lowest BCUT2D eigenvalue weighted by Gasteiger charge is -2.11. The highest BCUT2D eigenvalue weighted by molar-refractivity contribution is 5.90. The smallest absolute Gasteiger partial charge is 0.334 e. The number of carbonyl (C=O) groups excluding carboxylic acids is 1. The van der Waals surface area contributed by atoms with E-state index in [0.29, 0.717) is 18.6 Å². The van der Waals surface area contributed by atoms with Crippen LogP contribution in [0.4, 0.5) is 0 Å². The van der Waals surface area contributed by atoms with E-state index in [2.05, 4.69) is 6.58 Å². The first-order valence-electron chi connectivity index (χ1n) is 6.88. The second-order valence-corrected chi connectivity index (χ2v) is 5.05. The summed E-state index contributed by atoms with van der Waals surface area (Å²) in [6.07, 6.45) is 0.298. The van der Waals surface area contributed by atoms with Gasteiger partial charge in [0.25, 0.3) is 0 Å². The number of carbonyl (C=O) groups is 1. The van der Waals surface area contributed by atoms with Crippen LogP contribution in [-0.2, 0) is 16.1 Å². The van der Waals surface area contributed by atoms with E-state index in [1.165, 1.54) is 0 Å². The molecule has 0 aromatic heterocycles. The molecule has 0 radical (unpaired) electrons. The number of hydrogen-bond donors (Lipinski definition) is 0. The van der Waals surface area contributed by atoms with Crippen molar-refractivity contribution < 1.29 is 14.3 Å². The quantitative estimate of drug-likeness (QED) is 0.631. The summed E-state index contributed by atoms with van der Waals surface area (Å²) >= 11 is 0. The van der Waals surface area contributed by atoms with Crippen molar-refractivity contribution in [1.29, 1.82) is 0 Å². The predicted molar refractivity (Wildman–Crippen MR) is 79.8 cm³/mol. The van der Waals surface area contributed by atoms with Crippen LogP contribution in [0.5, 0.6) is 5.75 Å². The molecule has 2 aromatic carbocycles. The van der Waals surface area contributed by atoms with Crippen molar-refractivity contribution in [2.24, 2.45) is 0 Å². The Morgan fingerprint density at radius 3 is 2.67 bits per heavy atom. The average molecular weight is 280 g/mol. The third-order valence-electron chi connectivity index (χ3n) is 3.45. The van der Waals surface area contributed by atoms with E-state index in [4.69, 9.17) is 9.47 Å². The van der Waals surface area contributed by atoms with Crippen molar-refractivity contribution in [2.75, 3.05) is 0 Å². The van der Waals surface area contributed by atoms with Crippen LogP contribution in [-0.4, -0.2) is 5.97 Å². The molecule has 21 heavy (non-hydrogen) atoms. The summed E-state index contributed by atoms with van der Waals surface area (Å²) in [4.78, 5) is 11.4. The fourth-order valence-corrected chi connectivity index (χ4v) is 2.29. The lowest BCUT2D eigenvalue weighted by atomic mass is 10.0. The van der Waals surface area contributed by atoms with E-state index >= 15 is 0 Å². The van der Waals surface area contributed by atoms with Crippen molar-refractivity contribution in [1.82, 2.24) is 0 Å². The molecule has 1 aliphatic rings. The highest BCUT2D eigenvalue weighted by Gasteiger charge is 2.28. The van der Waals surface area contributed by atoms with Crippen LogP contribution in [0.2, 0.25) is 0 Å². The van der Waals surface area contributed by atoms with Crippen molar-refractivity contribution in [3.8, 4) is 5.75 Å². The van der Waals surface area contributed by atoms with E-state index in [1.54, 1.807) is 0 Å². The van der Waals surface area contributed by atoms with Crippen molar-refractivity contribution in [3.63, 3.8) is 0 Å². The Labute approximate surface area is 123 Å². The van der Waals surface area contributed by atoms with Crippen LogP contribution in [0.3, 0.4) is 0 Å². The molecule has 0 spiro atoms. The molecule has 1 atom stereocenters. The third kappa shape index (κ3) is 3.14. The lowest BCUT2D eigenvalue weighted by molar-refractivity contribution is -0.139. The first-order chi connectivity index (χ1) is 10.2. The maximum absolute atomic E-state index is 11.4. The zero-order valence-electron chi connectivity index (χ0n) is 11.6. The number of benzene rings is 2. The Hall–Kier alpha value is -2.55. The zero-order valence-corrected chi connectivity index (χ0v) is 11.6. The SMILES string of the molecule is C=C1CC(c2cccc(OCc3ccccc3)c2)OC1=O. The van der Waals surface area contributed by atoms with E-state index < -0.39 is 0 Å². The summed E-state index contributed by atoms with van der Waals surface area (Å²) in [5, 5.41) is 0. The summed E-state index contributed by atoms with van der Waals surface area (Å²) < 4.78 is 11.1. The summed E-state index contributed by atoms with van der Waals surface area (Å²) in [6.45, 7) is 4.22. The minimum atomic E-state index is -0.310. The van der Waals surface area contributed by atoms with Gasteiger partial charge in [-0.1, -0.05) is 49.0 Å². The molecule has 3 heteroatoms. The van der Waals surface area contributed by atoms with Gasteiger partial charge in [0.1, 0.15) is 18.5 Å². The zero-order chi connectivity index (χ0) is 14.7. The normalized spacial score (nSPS) is 17.6. The number of esters is 1. The first-order valence-corrected chi connectivity index (χ1v) is 6.88. The highest BCUT2D eigenvalue weighted by atomic mass is 16.5. The number of ether oxygens (including phenoxy) is 2. The fraction of sp³-hybridized carbons (Fsp3) is 0.167. The van der Waals surface area contributed by atoms with Gasteiger partial charge in [-0.2, -0.15) is 0 Å². The summed E-state index contributed by atoms with van der Waals surface area (Å²) in [5.74, 6) is 0.459. The third-order valence-corrected chi connectivity index (χ3v) is 3.45. The van der Waals surface area contributed by atoms with Gasteiger partial charge < -0.3 is 9.47 Å². The molecular formula is C18H16O3. The minimum Gasteiger partial charge on any atom is -0.489 e. The van der Waals surface area contributed by atoms with Gasteiger partial charge in [0.05, 0.1) is 0 Å². The van der Waals surface area contributed by atoms with Crippen LogP contribution in [0.25, 0.3) is 0 Å². The summed E-state index contributed by atoms with van der Waals surface area (Å²) in [5.41, 5.74) is 2.58. The Morgan fingerprint density at radius 2 is 1.95 bits per heavy atom. The van der Waals surface area contributed by atoms with Crippen molar-refractivity contribution in [3.05, 3.63) is 77.9 Å². The van der Waals surface area contributed by atoms with Gasteiger partial charge in [0, 0.05) is 12.0 Å². The maximum Gasteiger partial charge on any atom is 0.334 e. The van der Waals surface area contributed by atoms with Gasteiger partial charge in [-0.25, -0.2) is 4.79 Å². The molecule has 0 N–H and O–H groups in total. The molecule has 3 nitrogen and oxygen atoms in total. The molecular weight excluding hydrogens is 264 g/mol. The van der Waals surface area contributed by atoms with Crippen molar-refractivity contribution >= 4 is 5.97 Å². The molecule has 2 aromatic rings. The van der Waals surface area contributed by atoms with Gasteiger partial charge in [0.2, 0.25) is 0 Å². The van der Waals surface area contributed by atoms with Crippen LogP contribution in [0.15, 0.2) is 66.7 Å². The molecule has 1 unspecified atom stereocenters. The second-order valence-electron chi connectivity index (χ2n) is 5.05. The predicted octanol–water partition coefficient (Wildman–Crippen LogP) is 3.81. The summed E-state index contributed by atoms with van der Waals surface area (Å²) in [7, 11) is 0. The van der Waals surface area contributed by atoms with Crippen LogP contribution >= 0.6 is 0 Å². The number of rotatable bonds is 4. The number of cyclic esters (lactones) is 1. The Kier molecular flexibility index (Phi) is 3.73. The molecule has 1 heterocycles. The first kappa shape index (κ1) is 13.4. The lowest BCUT2D eigenvalue weighted by Crippen LogP contribution is -2.00. The van der Waals surface area contributed by atoms with Crippen LogP contribution in [0.1, 0.15) is 23.7 Å². The van der Waals surface area contributed by atoms with E-state index in [1.807, 2.05) is 54.6 Å². The molecule has 1 aliphatic heterocycles. The van der Waals surface area contributed by atoms with Gasteiger partial charge in [-0.15, -0.1) is 0 Å². The fourth-order valence-electron chi connectivity index (χ4n) is 2.29. The van der Waals surface area contributed by atoms with Crippen LogP contribution < -0.4 is 4.74 Å². The number of hydrogen-bond acceptors (Lipinski definition) is 3. The standard InChI is InChI=1S/C18H16O3/c1-13-10-17(21-18(13)19)15-8-5-9-16(11-15)20-12-14-6-3-2-4-7-14/h2-9,11,17H,1,10,12H2. The maximum atomic E-state index is 11.4. The molecule has 106 valence electrons. The average Bonchev–Trinajstić information content (AvgIpc) is 2.86. The summed E-state index contributed by atoms with van der Waals surface area (Å²) in [6, 6.07) is 17.6. The van der Waals surface area contributed by atoms with Crippen LogP contribution in [0, 0.1) is 0 Å². The Balaban J connectivity index is 1.69.